The average molecular weight is 340 g/mol. The van der Waals surface area contributed by atoms with Crippen LogP contribution in [0, 0.1) is 0 Å². The lowest BCUT2D eigenvalue weighted by atomic mass is 9.95. The van der Waals surface area contributed by atoms with Crippen molar-refractivity contribution in [3.63, 3.8) is 0 Å². The number of aromatic nitrogens is 2. The monoisotopic (exact) mass is 340 g/mol. The Labute approximate surface area is 148 Å². The standard InChI is InChI=1S/C19H24N4O2/c1-2-25-17-11-7-6-10-16(17)23-19-20-12-14(13-21-19)18(24)22-15-8-4-3-5-9-15/h6-7,10-13,15H,2-5,8-9H2,1H3,(H,22,24)(H,20,21,23). The number of hydrogen-bond donors (Lipinski definition) is 2. The first-order valence-electron chi connectivity index (χ1n) is 8.88. The summed E-state index contributed by atoms with van der Waals surface area (Å²) in [7, 11) is 0. The number of rotatable bonds is 6. The highest BCUT2D eigenvalue weighted by Crippen LogP contribution is 2.26. The molecule has 25 heavy (non-hydrogen) atoms. The summed E-state index contributed by atoms with van der Waals surface area (Å²) in [5.41, 5.74) is 1.28. The van der Waals surface area contributed by atoms with Crippen molar-refractivity contribution >= 4 is 17.5 Å². The number of carbonyl (C=O) groups excluding carboxylic acids is 1. The molecule has 1 saturated carbocycles. The van der Waals surface area contributed by atoms with Gasteiger partial charge in [-0.2, -0.15) is 0 Å². The summed E-state index contributed by atoms with van der Waals surface area (Å²) in [6, 6.07) is 7.89. The lowest BCUT2D eigenvalue weighted by molar-refractivity contribution is 0.0927. The van der Waals surface area contributed by atoms with Crippen LogP contribution in [-0.2, 0) is 0 Å². The SMILES string of the molecule is CCOc1ccccc1Nc1ncc(C(=O)NC2CCCCC2)cn1. The summed E-state index contributed by atoms with van der Waals surface area (Å²) >= 11 is 0. The predicted octanol–water partition coefficient (Wildman–Crippen LogP) is 3.68. The van der Waals surface area contributed by atoms with E-state index in [1.54, 1.807) is 12.4 Å². The van der Waals surface area contributed by atoms with E-state index in [1.165, 1.54) is 19.3 Å². The number of carbonyl (C=O) groups is 1. The molecule has 6 heteroatoms. The van der Waals surface area contributed by atoms with Crippen molar-refractivity contribution in [1.29, 1.82) is 0 Å². The molecule has 0 spiro atoms. The summed E-state index contributed by atoms with van der Waals surface area (Å²) < 4.78 is 5.57. The third-order valence-electron chi connectivity index (χ3n) is 4.29. The van der Waals surface area contributed by atoms with Gasteiger partial charge < -0.3 is 15.4 Å². The van der Waals surface area contributed by atoms with E-state index in [0.29, 0.717) is 18.1 Å². The molecule has 0 saturated heterocycles. The maximum atomic E-state index is 12.3. The minimum Gasteiger partial charge on any atom is -0.492 e. The van der Waals surface area contributed by atoms with E-state index in [4.69, 9.17) is 4.74 Å². The van der Waals surface area contributed by atoms with Gasteiger partial charge >= 0.3 is 0 Å². The third-order valence-corrected chi connectivity index (χ3v) is 4.29. The number of nitrogens with zero attached hydrogens (tertiary/aromatic N) is 2. The molecule has 132 valence electrons. The van der Waals surface area contributed by atoms with E-state index in [2.05, 4.69) is 20.6 Å². The zero-order valence-electron chi connectivity index (χ0n) is 14.5. The molecule has 0 unspecified atom stereocenters. The predicted molar refractivity (Wildman–Crippen MR) is 97.3 cm³/mol. The normalized spacial score (nSPS) is 14.8. The van der Waals surface area contributed by atoms with E-state index in [9.17, 15) is 4.79 Å². The van der Waals surface area contributed by atoms with Gasteiger partial charge in [-0.05, 0) is 31.9 Å². The Morgan fingerprint density at radius 2 is 1.88 bits per heavy atom. The van der Waals surface area contributed by atoms with Gasteiger partial charge in [-0.1, -0.05) is 31.4 Å². The second-order valence-electron chi connectivity index (χ2n) is 6.16. The largest absolute Gasteiger partial charge is 0.492 e. The molecule has 1 heterocycles. The van der Waals surface area contributed by atoms with Gasteiger partial charge in [0.15, 0.2) is 0 Å². The average Bonchev–Trinajstić information content (AvgIpc) is 2.65. The first-order valence-corrected chi connectivity index (χ1v) is 8.88. The fraction of sp³-hybridized carbons (Fsp3) is 0.421. The highest BCUT2D eigenvalue weighted by molar-refractivity contribution is 5.93. The van der Waals surface area contributed by atoms with Crippen molar-refractivity contribution in [2.75, 3.05) is 11.9 Å². The summed E-state index contributed by atoms with van der Waals surface area (Å²) in [4.78, 5) is 20.8. The highest BCUT2D eigenvalue weighted by Gasteiger charge is 2.17. The molecule has 0 aliphatic heterocycles. The number of hydrogen-bond acceptors (Lipinski definition) is 5. The molecule has 2 aromatic rings. The molecular weight excluding hydrogens is 316 g/mol. The smallest absolute Gasteiger partial charge is 0.254 e. The van der Waals surface area contributed by atoms with Crippen molar-refractivity contribution in [3.8, 4) is 5.75 Å². The van der Waals surface area contributed by atoms with Crippen LogP contribution in [0.1, 0.15) is 49.4 Å². The molecule has 6 nitrogen and oxygen atoms in total. The zero-order valence-corrected chi connectivity index (χ0v) is 14.5. The van der Waals surface area contributed by atoms with Gasteiger partial charge in [0.2, 0.25) is 5.95 Å². The van der Waals surface area contributed by atoms with Crippen LogP contribution in [0.5, 0.6) is 5.75 Å². The molecule has 3 rings (SSSR count). The third kappa shape index (κ3) is 4.68. The molecule has 1 amide bonds. The number of amides is 1. The van der Waals surface area contributed by atoms with Crippen LogP contribution in [0.3, 0.4) is 0 Å². The van der Waals surface area contributed by atoms with E-state index < -0.39 is 0 Å². The van der Waals surface area contributed by atoms with Crippen molar-refractivity contribution in [2.45, 2.75) is 45.1 Å². The highest BCUT2D eigenvalue weighted by atomic mass is 16.5. The van der Waals surface area contributed by atoms with Gasteiger partial charge in [0.05, 0.1) is 17.9 Å². The number of nitrogens with one attached hydrogen (secondary N) is 2. The van der Waals surface area contributed by atoms with E-state index in [1.807, 2.05) is 31.2 Å². The van der Waals surface area contributed by atoms with Gasteiger partial charge in [-0.25, -0.2) is 9.97 Å². The molecule has 2 N–H and O–H groups in total. The fourth-order valence-corrected chi connectivity index (χ4v) is 3.00. The molecule has 1 aromatic heterocycles. The summed E-state index contributed by atoms with van der Waals surface area (Å²) in [6.07, 6.45) is 8.85. The number of para-hydroxylation sites is 2. The van der Waals surface area contributed by atoms with Gasteiger partial charge in [-0.3, -0.25) is 4.79 Å². The Balaban J connectivity index is 1.63. The first kappa shape index (κ1) is 17.2. The molecular formula is C19H24N4O2. The van der Waals surface area contributed by atoms with Gasteiger partial charge in [-0.15, -0.1) is 0 Å². The van der Waals surface area contributed by atoms with E-state index in [-0.39, 0.29) is 11.9 Å². The fourth-order valence-electron chi connectivity index (χ4n) is 3.00. The van der Waals surface area contributed by atoms with Crippen LogP contribution >= 0.6 is 0 Å². The van der Waals surface area contributed by atoms with Crippen LogP contribution in [-0.4, -0.2) is 28.5 Å². The van der Waals surface area contributed by atoms with Crippen LogP contribution in [0.25, 0.3) is 0 Å². The molecule has 1 aliphatic carbocycles. The summed E-state index contributed by atoms with van der Waals surface area (Å²) in [6.45, 7) is 2.52. The van der Waals surface area contributed by atoms with Crippen LogP contribution in [0.15, 0.2) is 36.7 Å². The topological polar surface area (TPSA) is 76.1 Å². The molecule has 0 radical (unpaired) electrons. The van der Waals surface area contributed by atoms with Gasteiger partial charge in [0.25, 0.3) is 5.91 Å². The second-order valence-corrected chi connectivity index (χ2v) is 6.16. The Morgan fingerprint density at radius 3 is 2.60 bits per heavy atom. The van der Waals surface area contributed by atoms with Crippen LogP contribution in [0.2, 0.25) is 0 Å². The minimum absolute atomic E-state index is 0.104. The zero-order chi connectivity index (χ0) is 17.5. The van der Waals surface area contributed by atoms with Gasteiger partial charge in [0.1, 0.15) is 5.75 Å². The summed E-state index contributed by atoms with van der Waals surface area (Å²) in [5, 5.41) is 6.20. The van der Waals surface area contributed by atoms with E-state index in [0.717, 1.165) is 24.3 Å². The number of benzene rings is 1. The summed E-state index contributed by atoms with van der Waals surface area (Å²) in [5.74, 6) is 1.07. The number of anilines is 2. The molecule has 0 bridgehead atoms. The Hall–Kier alpha value is -2.63. The maximum absolute atomic E-state index is 12.3. The molecule has 1 aromatic carbocycles. The lowest BCUT2D eigenvalue weighted by Gasteiger charge is -2.22. The van der Waals surface area contributed by atoms with Gasteiger partial charge in [0, 0.05) is 18.4 Å². The van der Waals surface area contributed by atoms with Crippen LogP contribution in [0.4, 0.5) is 11.6 Å². The van der Waals surface area contributed by atoms with Crippen molar-refractivity contribution < 1.29 is 9.53 Å². The quantitative estimate of drug-likeness (QED) is 0.839. The molecule has 0 atom stereocenters. The van der Waals surface area contributed by atoms with Crippen molar-refractivity contribution in [2.24, 2.45) is 0 Å². The van der Waals surface area contributed by atoms with Crippen LogP contribution < -0.4 is 15.4 Å². The van der Waals surface area contributed by atoms with Crippen molar-refractivity contribution in [3.05, 3.63) is 42.2 Å². The maximum Gasteiger partial charge on any atom is 0.254 e. The Kier molecular flexibility index (Phi) is 5.82. The first-order chi connectivity index (χ1) is 12.3. The Bertz CT molecular complexity index is 697. The minimum atomic E-state index is -0.104. The molecule has 1 aliphatic rings. The second kappa shape index (κ2) is 8.46. The van der Waals surface area contributed by atoms with E-state index >= 15 is 0 Å². The number of ether oxygens (including phenoxy) is 1. The lowest BCUT2D eigenvalue weighted by Crippen LogP contribution is -2.36. The van der Waals surface area contributed by atoms with Crippen molar-refractivity contribution in [1.82, 2.24) is 15.3 Å². The molecule has 1 fully saturated rings. The Morgan fingerprint density at radius 1 is 1.16 bits per heavy atom.